The van der Waals surface area contributed by atoms with Gasteiger partial charge in [-0.2, -0.15) is 0 Å². The third-order valence-electron chi connectivity index (χ3n) is 5.13. The van der Waals surface area contributed by atoms with Crippen LogP contribution in [0.5, 0.6) is 17.2 Å². The molecular weight excluding hydrogens is 552 g/mol. The molecule has 0 bridgehead atoms. The third kappa shape index (κ3) is 9.90. The highest BCUT2D eigenvalue weighted by atomic mass is 16.6. The summed E-state index contributed by atoms with van der Waals surface area (Å²) in [7, 11) is 0. The van der Waals surface area contributed by atoms with Crippen molar-refractivity contribution in [3.8, 4) is 17.2 Å². The van der Waals surface area contributed by atoms with Gasteiger partial charge in [0.2, 0.25) is 0 Å². The molecule has 0 radical (unpaired) electrons. The van der Waals surface area contributed by atoms with Gasteiger partial charge in [-0.25, -0.2) is 14.4 Å². The van der Waals surface area contributed by atoms with E-state index in [9.17, 15) is 28.8 Å². The lowest BCUT2D eigenvalue weighted by Gasteiger charge is -2.18. The minimum absolute atomic E-state index is 0.0932. The van der Waals surface area contributed by atoms with Gasteiger partial charge < -0.3 is 28.4 Å². The zero-order valence-corrected chi connectivity index (χ0v) is 22.8. The SMILES string of the molecule is CC(=O)Oc1ccc(C(=O)OCC(COC(=O)c2ccc(OC(C)=O)cc2)OC(=O)c2ccc(OC(C)=O)cc2)cc1. The van der Waals surface area contributed by atoms with Gasteiger partial charge in [0, 0.05) is 20.8 Å². The summed E-state index contributed by atoms with van der Waals surface area (Å²) in [6.45, 7) is 2.77. The molecule has 0 aliphatic heterocycles. The first-order chi connectivity index (χ1) is 20.0. The zero-order chi connectivity index (χ0) is 30.6. The second kappa shape index (κ2) is 14.7. The van der Waals surface area contributed by atoms with Gasteiger partial charge in [-0.05, 0) is 72.8 Å². The Morgan fingerprint density at radius 3 is 1.05 bits per heavy atom. The quantitative estimate of drug-likeness (QED) is 0.185. The average molecular weight is 579 g/mol. The van der Waals surface area contributed by atoms with Crippen molar-refractivity contribution in [1.82, 2.24) is 0 Å². The summed E-state index contributed by atoms with van der Waals surface area (Å²) in [5.41, 5.74) is 0.347. The van der Waals surface area contributed by atoms with Crippen molar-refractivity contribution in [2.75, 3.05) is 13.2 Å². The van der Waals surface area contributed by atoms with Crippen molar-refractivity contribution >= 4 is 35.8 Å². The van der Waals surface area contributed by atoms with Crippen LogP contribution in [0.4, 0.5) is 0 Å². The van der Waals surface area contributed by atoms with E-state index in [0.29, 0.717) is 0 Å². The highest BCUT2D eigenvalue weighted by molar-refractivity contribution is 5.91. The molecular formula is C30H26O12. The van der Waals surface area contributed by atoms with Crippen molar-refractivity contribution < 1.29 is 57.2 Å². The number of rotatable bonds is 11. The van der Waals surface area contributed by atoms with E-state index in [-0.39, 0.29) is 33.9 Å². The molecule has 0 aliphatic rings. The Bertz CT molecular complexity index is 1370. The molecule has 0 saturated heterocycles. The molecule has 0 aliphatic carbocycles. The second-order valence-corrected chi connectivity index (χ2v) is 8.58. The predicted octanol–water partition coefficient (Wildman–Crippen LogP) is 3.70. The minimum Gasteiger partial charge on any atom is -0.458 e. The molecule has 3 rings (SSSR count). The number of carbonyl (C=O) groups is 6. The Morgan fingerprint density at radius 2 is 0.762 bits per heavy atom. The fourth-order valence-corrected chi connectivity index (χ4v) is 3.31. The van der Waals surface area contributed by atoms with Gasteiger partial charge in [0.25, 0.3) is 0 Å². The average Bonchev–Trinajstić information content (AvgIpc) is 2.94. The highest BCUT2D eigenvalue weighted by Crippen LogP contribution is 2.17. The number of hydrogen-bond donors (Lipinski definition) is 0. The van der Waals surface area contributed by atoms with E-state index in [1.807, 2.05) is 0 Å². The van der Waals surface area contributed by atoms with Crippen LogP contribution in [0, 0.1) is 0 Å². The van der Waals surface area contributed by atoms with E-state index in [1.54, 1.807) is 0 Å². The molecule has 218 valence electrons. The number of benzene rings is 3. The van der Waals surface area contributed by atoms with Crippen LogP contribution in [-0.2, 0) is 28.6 Å². The summed E-state index contributed by atoms with van der Waals surface area (Å²) in [5.74, 6) is -3.26. The van der Waals surface area contributed by atoms with Crippen molar-refractivity contribution in [3.63, 3.8) is 0 Å². The molecule has 0 aromatic heterocycles. The van der Waals surface area contributed by atoms with Crippen LogP contribution in [0.25, 0.3) is 0 Å². The molecule has 0 unspecified atom stereocenters. The van der Waals surface area contributed by atoms with E-state index in [4.69, 9.17) is 28.4 Å². The van der Waals surface area contributed by atoms with Crippen LogP contribution in [-0.4, -0.2) is 55.1 Å². The maximum Gasteiger partial charge on any atom is 0.338 e. The molecule has 12 heteroatoms. The first-order valence-electron chi connectivity index (χ1n) is 12.4. The third-order valence-corrected chi connectivity index (χ3v) is 5.13. The maximum absolute atomic E-state index is 12.8. The summed E-state index contributed by atoms with van der Waals surface area (Å²) >= 11 is 0. The molecule has 3 aromatic rings. The Balaban J connectivity index is 1.67. The van der Waals surface area contributed by atoms with Gasteiger partial charge in [0.05, 0.1) is 16.7 Å². The fourth-order valence-electron chi connectivity index (χ4n) is 3.31. The lowest BCUT2D eigenvalue weighted by molar-refractivity contribution is -0.132. The van der Waals surface area contributed by atoms with Crippen LogP contribution < -0.4 is 14.2 Å². The van der Waals surface area contributed by atoms with Crippen molar-refractivity contribution in [1.29, 1.82) is 0 Å². The van der Waals surface area contributed by atoms with Gasteiger partial charge in [-0.3, -0.25) is 14.4 Å². The first kappa shape index (κ1) is 31.0. The molecule has 0 atom stereocenters. The Labute approximate surface area is 240 Å². The Hall–Kier alpha value is -5.52. The summed E-state index contributed by atoms with van der Waals surface area (Å²) in [6.07, 6.45) is -1.21. The molecule has 0 N–H and O–H groups in total. The van der Waals surface area contributed by atoms with Gasteiger partial charge in [0.1, 0.15) is 30.5 Å². The molecule has 0 saturated carbocycles. The van der Waals surface area contributed by atoms with Crippen LogP contribution >= 0.6 is 0 Å². The van der Waals surface area contributed by atoms with E-state index in [0.717, 1.165) is 0 Å². The lowest BCUT2D eigenvalue weighted by atomic mass is 10.2. The predicted molar refractivity (Wildman–Crippen MR) is 143 cm³/mol. The summed E-state index contributed by atoms with van der Waals surface area (Å²) < 4.78 is 30.8. The first-order valence-corrected chi connectivity index (χ1v) is 12.4. The second-order valence-electron chi connectivity index (χ2n) is 8.58. The summed E-state index contributed by atoms with van der Waals surface area (Å²) in [4.78, 5) is 71.2. The van der Waals surface area contributed by atoms with Crippen molar-refractivity contribution in [2.24, 2.45) is 0 Å². The Kier molecular flexibility index (Phi) is 10.9. The molecule has 42 heavy (non-hydrogen) atoms. The molecule has 0 fully saturated rings. The lowest BCUT2D eigenvalue weighted by Crippen LogP contribution is -2.31. The number of carbonyl (C=O) groups excluding carboxylic acids is 6. The van der Waals surface area contributed by atoms with E-state index in [1.165, 1.54) is 93.6 Å². The van der Waals surface area contributed by atoms with E-state index >= 15 is 0 Å². The van der Waals surface area contributed by atoms with Gasteiger partial charge in [0.15, 0.2) is 6.10 Å². The fraction of sp³-hybridized carbons (Fsp3) is 0.200. The zero-order valence-electron chi connectivity index (χ0n) is 22.8. The molecule has 3 aromatic carbocycles. The molecule has 12 nitrogen and oxygen atoms in total. The normalized spacial score (nSPS) is 10.3. The number of hydrogen-bond acceptors (Lipinski definition) is 12. The van der Waals surface area contributed by atoms with Crippen LogP contribution in [0.2, 0.25) is 0 Å². The van der Waals surface area contributed by atoms with E-state index in [2.05, 4.69) is 0 Å². The summed E-state index contributed by atoms with van der Waals surface area (Å²) in [6, 6.07) is 16.7. The van der Waals surface area contributed by atoms with Crippen LogP contribution in [0.15, 0.2) is 72.8 Å². The summed E-state index contributed by atoms with van der Waals surface area (Å²) in [5, 5.41) is 0. The van der Waals surface area contributed by atoms with E-state index < -0.39 is 55.1 Å². The van der Waals surface area contributed by atoms with Gasteiger partial charge in [-0.1, -0.05) is 0 Å². The van der Waals surface area contributed by atoms with Gasteiger partial charge >= 0.3 is 35.8 Å². The number of esters is 6. The standard InChI is InChI=1S/C30H26O12/c1-18(31)39-24-10-4-21(5-11-24)28(34)37-16-27(42-30(36)23-8-14-26(15-9-23)41-20(3)33)17-38-29(35)22-6-12-25(13-7-22)40-19(2)32/h4-15,27H,16-17H2,1-3H3. The monoisotopic (exact) mass is 578 g/mol. The minimum atomic E-state index is -1.21. The highest BCUT2D eigenvalue weighted by Gasteiger charge is 2.22. The smallest absolute Gasteiger partial charge is 0.338 e. The maximum atomic E-state index is 12.8. The molecule has 0 heterocycles. The van der Waals surface area contributed by atoms with Crippen molar-refractivity contribution in [2.45, 2.75) is 26.9 Å². The molecule has 0 spiro atoms. The Morgan fingerprint density at radius 1 is 0.476 bits per heavy atom. The van der Waals surface area contributed by atoms with Crippen LogP contribution in [0.1, 0.15) is 51.8 Å². The molecule has 0 amide bonds. The topological polar surface area (TPSA) is 158 Å². The van der Waals surface area contributed by atoms with Crippen LogP contribution in [0.3, 0.4) is 0 Å². The number of ether oxygens (including phenoxy) is 6. The largest absolute Gasteiger partial charge is 0.458 e. The van der Waals surface area contributed by atoms with Gasteiger partial charge in [-0.15, -0.1) is 0 Å². The van der Waals surface area contributed by atoms with Crippen molar-refractivity contribution in [3.05, 3.63) is 89.5 Å².